The molecule has 0 atom stereocenters. The highest BCUT2D eigenvalue weighted by Gasteiger charge is 2.40. The molecule has 1 heterocycles. The van der Waals surface area contributed by atoms with Gasteiger partial charge in [0.1, 0.15) is 0 Å². The zero-order valence-electron chi connectivity index (χ0n) is 16.3. The fourth-order valence-corrected chi connectivity index (χ4v) is 4.41. The molecule has 0 amide bonds. The Morgan fingerprint density at radius 3 is 1.50 bits per heavy atom. The van der Waals surface area contributed by atoms with Crippen molar-refractivity contribution < 1.29 is 0 Å². The highest BCUT2D eigenvalue weighted by atomic mass is 15.3. The van der Waals surface area contributed by atoms with Gasteiger partial charge in [-0.15, -0.1) is 0 Å². The summed E-state index contributed by atoms with van der Waals surface area (Å²) in [5, 5.41) is 0. The zero-order chi connectivity index (χ0) is 16.5. The number of rotatable bonds is 11. The third-order valence-electron chi connectivity index (χ3n) is 5.77. The van der Waals surface area contributed by atoms with Crippen molar-refractivity contribution in [2.24, 2.45) is 0 Å². The second-order valence-corrected chi connectivity index (χ2v) is 8.81. The highest BCUT2D eigenvalue weighted by molar-refractivity contribution is 4.96. The van der Waals surface area contributed by atoms with E-state index < -0.39 is 0 Å². The second-order valence-electron chi connectivity index (χ2n) is 8.81. The normalized spacial score (nSPS) is 21.1. The molecule has 1 saturated heterocycles. The van der Waals surface area contributed by atoms with E-state index in [1.54, 1.807) is 0 Å². The van der Waals surface area contributed by atoms with Crippen LogP contribution in [-0.4, -0.2) is 22.5 Å². The van der Waals surface area contributed by atoms with Crippen molar-refractivity contribution in [2.45, 2.75) is 129 Å². The van der Waals surface area contributed by atoms with Gasteiger partial charge in [-0.1, -0.05) is 64.7 Å². The summed E-state index contributed by atoms with van der Waals surface area (Å²) in [5.41, 5.74) is 0.808. The molecule has 0 unspecified atom stereocenters. The average Bonchev–Trinajstić information content (AvgIpc) is 2.42. The summed E-state index contributed by atoms with van der Waals surface area (Å²) in [6.45, 7) is 13.4. The Morgan fingerprint density at radius 2 is 1.05 bits per heavy atom. The van der Waals surface area contributed by atoms with Crippen LogP contribution in [-0.2, 0) is 0 Å². The van der Waals surface area contributed by atoms with Gasteiger partial charge in [-0.3, -0.25) is 4.90 Å². The van der Waals surface area contributed by atoms with Gasteiger partial charge in [0.15, 0.2) is 0 Å². The first kappa shape index (κ1) is 20.0. The quantitative estimate of drug-likeness (QED) is 0.373. The van der Waals surface area contributed by atoms with Gasteiger partial charge in [-0.2, -0.15) is 0 Å². The summed E-state index contributed by atoms with van der Waals surface area (Å²) in [5.74, 6) is 0. The Balaban J connectivity index is 2.08. The first-order valence-electron chi connectivity index (χ1n) is 10.2. The molecule has 0 spiro atoms. The first-order chi connectivity index (χ1) is 10.4. The van der Waals surface area contributed by atoms with Crippen LogP contribution >= 0.6 is 0 Å². The van der Waals surface area contributed by atoms with Crippen LogP contribution in [0.25, 0.3) is 0 Å². The lowest BCUT2D eigenvalue weighted by Gasteiger charge is -2.53. The molecule has 1 rings (SSSR count). The standard InChI is InChI=1S/C21H43N/c1-6-7-8-9-10-11-12-13-14-15-19-22-20(2,3)17-16-18-21(22,4)5/h6-19H2,1-5H3. The molecule has 0 aliphatic carbocycles. The van der Waals surface area contributed by atoms with Crippen LogP contribution in [0.2, 0.25) is 0 Å². The first-order valence-corrected chi connectivity index (χ1v) is 10.2. The van der Waals surface area contributed by atoms with Gasteiger partial charge < -0.3 is 0 Å². The number of unbranched alkanes of at least 4 members (excludes halogenated alkanes) is 9. The molecule has 1 fully saturated rings. The Kier molecular flexibility index (Phi) is 9.05. The van der Waals surface area contributed by atoms with E-state index >= 15 is 0 Å². The number of nitrogens with zero attached hydrogens (tertiary/aromatic N) is 1. The third kappa shape index (κ3) is 7.02. The van der Waals surface area contributed by atoms with Gasteiger partial charge in [0.05, 0.1) is 0 Å². The molecular formula is C21H43N. The summed E-state index contributed by atoms with van der Waals surface area (Å²) in [6, 6.07) is 0. The van der Waals surface area contributed by atoms with Crippen molar-refractivity contribution in [3.8, 4) is 0 Å². The maximum absolute atomic E-state index is 2.80. The lowest BCUT2D eigenvalue weighted by atomic mass is 9.79. The van der Waals surface area contributed by atoms with E-state index in [0.29, 0.717) is 11.1 Å². The summed E-state index contributed by atoms with van der Waals surface area (Å²) in [4.78, 5) is 2.80. The Bertz CT molecular complexity index is 264. The molecule has 0 bridgehead atoms. The van der Waals surface area contributed by atoms with Gasteiger partial charge in [-0.05, 0) is 59.9 Å². The molecule has 0 aromatic heterocycles. The van der Waals surface area contributed by atoms with Crippen molar-refractivity contribution in [2.75, 3.05) is 6.54 Å². The molecule has 132 valence electrons. The maximum Gasteiger partial charge on any atom is 0.0158 e. The summed E-state index contributed by atoms with van der Waals surface area (Å²) in [6.07, 6.45) is 18.5. The van der Waals surface area contributed by atoms with E-state index in [9.17, 15) is 0 Å². The van der Waals surface area contributed by atoms with Gasteiger partial charge in [-0.25, -0.2) is 0 Å². The molecular weight excluding hydrogens is 266 g/mol. The SMILES string of the molecule is CCCCCCCCCCCCN1C(C)(C)CCCC1(C)C. The van der Waals surface area contributed by atoms with Crippen molar-refractivity contribution in [3.63, 3.8) is 0 Å². The number of likely N-dealkylation sites (tertiary alicyclic amines) is 1. The van der Waals surface area contributed by atoms with Crippen LogP contribution in [0, 0.1) is 0 Å². The average molecular weight is 310 g/mol. The van der Waals surface area contributed by atoms with Crippen molar-refractivity contribution in [3.05, 3.63) is 0 Å². The molecule has 0 radical (unpaired) electrons. The summed E-state index contributed by atoms with van der Waals surface area (Å²) < 4.78 is 0. The van der Waals surface area contributed by atoms with E-state index in [1.807, 2.05) is 0 Å². The van der Waals surface area contributed by atoms with Gasteiger partial charge in [0, 0.05) is 11.1 Å². The number of hydrogen-bond donors (Lipinski definition) is 0. The zero-order valence-corrected chi connectivity index (χ0v) is 16.3. The van der Waals surface area contributed by atoms with Gasteiger partial charge in [0.25, 0.3) is 0 Å². The van der Waals surface area contributed by atoms with Crippen LogP contribution in [0.3, 0.4) is 0 Å². The number of hydrogen-bond acceptors (Lipinski definition) is 1. The summed E-state index contributed by atoms with van der Waals surface area (Å²) >= 11 is 0. The van der Waals surface area contributed by atoms with Crippen molar-refractivity contribution >= 4 is 0 Å². The fourth-order valence-electron chi connectivity index (χ4n) is 4.41. The predicted octanol–water partition coefficient (Wildman–Crippen LogP) is 6.95. The van der Waals surface area contributed by atoms with Crippen LogP contribution in [0.1, 0.15) is 118 Å². The minimum Gasteiger partial charge on any atom is -0.293 e. The topological polar surface area (TPSA) is 3.24 Å². The maximum atomic E-state index is 2.80. The smallest absolute Gasteiger partial charge is 0.0158 e. The van der Waals surface area contributed by atoms with Crippen LogP contribution in [0.15, 0.2) is 0 Å². The Hall–Kier alpha value is -0.0400. The highest BCUT2D eigenvalue weighted by Crippen LogP contribution is 2.38. The van der Waals surface area contributed by atoms with Crippen LogP contribution in [0.4, 0.5) is 0 Å². The van der Waals surface area contributed by atoms with Crippen molar-refractivity contribution in [1.29, 1.82) is 0 Å². The van der Waals surface area contributed by atoms with Gasteiger partial charge >= 0.3 is 0 Å². The van der Waals surface area contributed by atoms with Crippen LogP contribution in [0.5, 0.6) is 0 Å². The van der Waals surface area contributed by atoms with E-state index in [0.717, 1.165) is 0 Å². The van der Waals surface area contributed by atoms with E-state index in [1.165, 1.54) is 90.0 Å². The molecule has 1 nitrogen and oxygen atoms in total. The molecule has 0 aromatic rings. The molecule has 1 aliphatic heterocycles. The van der Waals surface area contributed by atoms with E-state index in [-0.39, 0.29) is 0 Å². The van der Waals surface area contributed by atoms with Crippen molar-refractivity contribution in [1.82, 2.24) is 4.90 Å². The van der Waals surface area contributed by atoms with Gasteiger partial charge in [0.2, 0.25) is 0 Å². The molecule has 0 aromatic carbocycles. The monoisotopic (exact) mass is 309 g/mol. The third-order valence-corrected chi connectivity index (χ3v) is 5.77. The van der Waals surface area contributed by atoms with E-state index in [4.69, 9.17) is 0 Å². The number of piperidine rings is 1. The van der Waals surface area contributed by atoms with E-state index in [2.05, 4.69) is 39.5 Å². The Labute approximate surface area is 141 Å². The molecule has 0 saturated carbocycles. The summed E-state index contributed by atoms with van der Waals surface area (Å²) in [7, 11) is 0. The molecule has 1 aliphatic rings. The molecule has 0 N–H and O–H groups in total. The predicted molar refractivity (Wildman–Crippen MR) is 101 cm³/mol. The molecule has 1 heteroatoms. The fraction of sp³-hybridized carbons (Fsp3) is 1.00. The molecule has 22 heavy (non-hydrogen) atoms. The minimum absolute atomic E-state index is 0.404. The lowest BCUT2D eigenvalue weighted by Crippen LogP contribution is -2.58. The Morgan fingerprint density at radius 1 is 0.636 bits per heavy atom. The second kappa shape index (κ2) is 9.96. The lowest BCUT2D eigenvalue weighted by molar-refractivity contribution is -0.0276. The van der Waals surface area contributed by atoms with Crippen LogP contribution < -0.4 is 0 Å². The minimum atomic E-state index is 0.404. The largest absolute Gasteiger partial charge is 0.293 e.